The van der Waals surface area contributed by atoms with Gasteiger partial charge in [0.25, 0.3) is 0 Å². The van der Waals surface area contributed by atoms with Gasteiger partial charge in [-0.15, -0.1) is 0 Å². The Morgan fingerprint density at radius 2 is 2.14 bits per heavy atom. The monoisotopic (exact) mass is 301 g/mol. The molecule has 1 fully saturated rings. The Labute approximate surface area is 128 Å². The van der Waals surface area contributed by atoms with Gasteiger partial charge in [0.2, 0.25) is 5.91 Å². The van der Waals surface area contributed by atoms with E-state index < -0.39 is 6.10 Å². The van der Waals surface area contributed by atoms with Gasteiger partial charge in [-0.25, -0.2) is 0 Å². The zero-order valence-electron chi connectivity index (χ0n) is 12.2. The number of furan rings is 1. The molecule has 22 heavy (non-hydrogen) atoms. The smallest absolute Gasteiger partial charge is 0.225 e. The van der Waals surface area contributed by atoms with Gasteiger partial charge in [0.15, 0.2) is 0 Å². The summed E-state index contributed by atoms with van der Waals surface area (Å²) < 4.78 is 10.5. The van der Waals surface area contributed by atoms with Crippen molar-refractivity contribution < 1.29 is 19.1 Å². The van der Waals surface area contributed by atoms with Gasteiger partial charge < -0.3 is 19.6 Å². The van der Waals surface area contributed by atoms with Crippen LogP contribution in [0.2, 0.25) is 0 Å². The number of aliphatic hydroxyl groups excluding tert-OH is 1. The third kappa shape index (κ3) is 3.37. The van der Waals surface area contributed by atoms with Gasteiger partial charge >= 0.3 is 0 Å². The molecule has 1 saturated heterocycles. The van der Waals surface area contributed by atoms with E-state index in [1.54, 1.807) is 6.26 Å². The number of ether oxygens (including phenoxy) is 1. The Morgan fingerprint density at radius 3 is 2.77 bits per heavy atom. The highest BCUT2D eigenvalue weighted by Crippen LogP contribution is 2.22. The molecule has 0 bridgehead atoms. The van der Waals surface area contributed by atoms with Crippen LogP contribution in [-0.2, 0) is 9.53 Å². The van der Waals surface area contributed by atoms with Crippen LogP contribution in [0.25, 0.3) is 11.3 Å². The van der Waals surface area contributed by atoms with Crippen LogP contribution >= 0.6 is 0 Å². The summed E-state index contributed by atoms with van der Waals surface area (Å²) >= 11 is 0. The standard InChI is InChI=1S/C17H19NO4/c19-15(10-18-17(20)14-7-9-21-11-14)12-3-5-13(6-4-12)16-2-1-8-22-16/h1-6,8,14-15,19H,7,9-11H2,(H,18,20)/t14-,15+/m0/s1. The van der Waals surface area contributed by atoms with Gasteiger partial charge in [-0.2, -0.15) is 0 Å². The van der Waals surface area contributed by atoms with Gasteiger partial charge in [0.05, 0.1) is 24.9 Å². The van der Waals surface area contributed by atoms with Crippen molar-refractivity contribution in [3.8, 4) is 11.3 Å². The summed E-state index contributed by atoms with van der Waals surface area (Å²) in [5, 5.41) is 12.9. The van der Waals surface area contributed by atoms with E-state index in [0.29, 0.717) is 13.2 Å². The number of carbonyl (C=O) groups is 1. The lowest BCUT2D eigenvalue weighted by molar-refractivity contribution is -0.125. The molecule has 0 saturated carbocycles. The Kier molecular flexibility index (Phi) is 4.56. The Bertz CT molecular complexity index is 600. The second-order valence-corrected chi connectivity index (χ2v) is 5.42. The van der Waals surface area contributed by atoms with Gasteiger partial charge in [0.1, 0.15) is 5.76 Å². The van der Waals surface area contributed by atoms with E-state index in [4.69, 9.17) is 9.15 Å². The quantitative estimate of drug-likeness (QED) is 0.887. The van der Waals surface area contributed by atoms with Gasteiger partial charge in [0, 0.05) is 18.7 Å². The second-order valence-electron chi connectivity index (χ2n) is 5.42. The predicted molar refractivity (Wildman–Crippen MR) is 81.0 cm³/mol. The average Bonchev–Trinajstić information content (AvgIpc) is 3.25. The summed E-state index contributed by atoms with van der Waals surface area (Å²) in [6.07, 6.45) is 1.65. The highest BCUT2D eigenvalue weighted by Gasteiger charge is 2.23. The summed E-state index contributed by atoms with van der Waals surface area (Å²) in [6.45, 7) is 1.31. The molecule has 2 aromatic rings. The largest absolute Gasteiger partial charge is 0.464 e. The van der Waals surface area contributed by atoms with Gasteiger partial charge in [-0.05, 0) is 24.1 Å². The molecule has 116 valence electrons. The van der Waals surface area contributed by atoms with Crippen molar-refractivity contribution in [2.45, 2.75) is 12.5 Å². The van der Waals surface area contributed by atoms with Crippen LogP contribution in [0.1, 0.15) is 18.1 Å². The molecule has 1 amide bonds. The third-order valence-corrected chi connectivity index (χ3v) is 3.87. The van der Waals surface area contributed by atoms with Crippen LogP contribution in [0.15, 0.2) is 47.1 Å². The highest BCUT2D eigenvalue weighted by atomic mass is 16.5. The highest BCUT2D eigenvalue weighted by molar-refractivity contribution is 5.79. The normalized spacial score (nSPS) is 19.0. The number of carbonyl (C=O) groups excluding carboxylic acids is 1. The van der Waals surface area contributed by atoms with Crippen LogP contribution in [0.4, 0.5) is 0 Å². The summed E-state index contributed by atoms with van der Waals surface area (Å²) in [4.78, 5) is 11.9. The van der Waals surface area contributed by atoms with E-state index >= 15 is 0 Å². The van der Waals surface area contributed by atoms with E-state index in [1.165, 1.54) is 0 Å². The number of nitrogens with one attached hydrogen (secondary N) is 1. The summed E-state index contributed by atoms with van der Waals surface area (Å²) in [5.74, 6) is 0.646. The molecule has 1 aliphatic heterocycles. The molecule has 2 atom stereocenters. The molecule has 1 aliphatic rings. The maximum absolute atomic E-state index is 11.9. The van der Waals surface area contributed by atoms with Crippen molar-refractivity contribution in [1.29, 1.82) is 0 Å². The minimum Gasteiger partial charge on any atom is -0.464 e. The van der Waals surface area contributed by atoms with Gasteiger partial charge in [-0.1, -0.05) is 24.3 Å². The Balaban J connectivity index is 1.55. The number of aliphatic hydroxyl groups is 1. The molecule has 0 unspecified atom stereocenters. The van der Waals surface area contributed by atoms with Crippen LogP contribution < -0.4 is 5.32 Å². The fraction of sp³-hybridized carbons (Fsp3) is 0.353. The first-order valence-corrected chi connectivity index (χ1v) is 7.41. The molecule has 2 N–H and O–H groups in total. The minimum atomic E-state index is -0.725. The average molecular weight is 301 g/mol. The molecule has 0 radical (unpaired) electrons. The number of amides is 1. The molecule has 5 heteroatoms. The first-order chi connectivity index (χ1) is 10.7. The number of rotatable bonds is 5. The van der Waals surface area contributed by atoms with E-state index in [9.17, 15) is 9.90 Å². The zero-order valence-corrected chi connectivity index (χ0v) is 12.2. The molecule has 3 rings (SSSR count). The van der Waals surface area contributed by atoms with E-state index in [0.717, 1.165) is 23.3 Å². The van der Waals surface area contributed by atoms with Crippen molar-refractivity contribution in [1.82, 2.24) is 5.32 Å². The maximum Gasteiger partial charge on any atom is 0.225 e. The number of hydrogen-bond acceptors (Lipinski definition) is 4. The van der Waals surface area contributed by atoms with Crippen LogP contribution in [-0.4, -0.2) is 30.8 Å². The minimum absolute atomic E-state index is 0.0521. The topological polar surface area (TPSA) is 71.7 Å². The first-order valence-electron chi connectivity index (χ1n) is 7.41. The molecule has 1 aromatic heterocycles. The van der Waals surface area contributed by atoms with Crippen molar-refractivity contribution in [2.75, 3.05) is 19.8 Å². The molecule has 1 aromatic carbocycles. The summed E-state index contributed by atoms with van der Waals surface area (Å²) in [6, 6.07) is 11.2. The Morgan fingerprint density at radius 1 is 1.32 bits per heavy atom. The summed E-state index contributed by atoms with van der Waals surface area (Å²) in [7, 11) is 0. The third-order valence-electron chi connectivity index (χ3n) is 3.87. The first kappa shape index (κ1) is 14.8. The van der Waals surface area contributed by atoms with Crippen molar-refractivity contribution in [3.63, 3.8) is 0 Å². The Hall–Kier alpha value is -2.11. The number of benzene rings is 1. The fourth-order valence-electron chi connectivity index (χ4n) is 2.51. The van der Waals surface area contributed by atoms with Crippen molar-refractivity contribution in [3.05, 3.63) is 48.2 Å². The molecule has 0 aliphatic carbocycles. The second kappa shape index (κ2) is 6.77. The van der Waals surface area contributed by atoms with Gasteiger partial charge in [-0.3, -0.25) is 4.79 Å². The fourth-order valence-corrected chi connectivity index (χ4v) is 2.51. The lowest BCUT2D eigenvalue weighted by atomic mass is 10.0. The SMILES string of the molecule is O=C(NC[C@@H](O)c1ccc(-c2ccco2)cc1)[C@H]1CCOC1. The van der Waals surface area contributed by atoms with Crippen molar-refractivity contribution in [2.24, 2.45) is 5.92 Å². The lowest BCUT2D eigenvalue weighted by Gasteiger charge is -2.14. The predicted octanol–water partition coefficient (Wildman–Crippen LogP) is 2.13. The van der Waals surface area contributed by atoms with E-state index in [1.807, 2.05) is 36.4 Å². The molecule has 5 nitrogen and oxygen atoms in total. The molecular weight excluding hydrogens is 282 g/mol. The number of hydrogen-bond donors (Lipinski definition) is 2. The van der Waals surface area contributed by atoms with Crippen LogP contribution in [0.3, 0.4) is 0 Å². The zero-order chi connectivity index (χ0) is 15.4. The van der Waals surface area contributed by atoms with E-state index in [-0.39, 0.29) is 18.4 Å². The molecule has 2 heterocycles. The lowest BCUT2D eigenvalue weighted by Crippen LogP contribution is -2.34. The summed E-state index contributed by atoms with van der Waals surface area (Å²) in [5.41, 5.74) is 1.71. The maximum atomic E-state index is 11.9. The van der Waals surface area contributed by atoms with E-state index in [2.05, 4.69) is 5.32 Å². The van der Waals surface area contributed by atoms with Crippen molar-refractivity contribution >= 4 is 5.91 Å². The van der Waals surface area contributed by atoms with Crippen LogP contribution in [0.5, 0.6) is 0 Å². The van der Waals surface area contributed by atoms with Crippen LogP contribution in [0, 0.1) is 5.92 Å². The molecule has 0 spiro atoms. The molecular formula is C17H19NO4.